The third kappa shape index (κ3) is 6.94. The van der Waals surface area contributed by atoms with Crippen molar-refractivity contribution in [3.63, 3.8) is 0 Å². The zero-order valence-corrected chi connectivity index (χ0v) is 17.2. The van der Waals surface area contributed by atoms with E-state index < -0.39 is 0 Å². The SMILES string of the molecule is CCOCCOc1cccc(C(=O)Nc2ccc(OCCc3ccccc3)cc2)c1. The van der Waals surface area contributed by atoms with Crippen LogP contribution in [-0.4, -0.2) is 32.3 Å². The molecule has 0 aliphatic rings. The fraction of sp³-hybridized carbons (Fsp3) is 0.240. The Balaban J connectivity index is 1.48. The molecule has 0 saturated carbocycles. The number of benzene rings is 3. The average Bonchev–Trinajstić information content (AvgIpc) is 2.79. The lowest BCUT2D eigenvalue weighted by molar-refractivity contribution is 0.102. The van der Waals surface area contributed by atoms with Crippen molar-refractivity contribution >= 4 is 11.6 Å². The number of carbonyl (C=O) groups excluding carboxylic acids is 1. The number of hydrogen-bond acceptors (Lipinski definition) is 4. The van der Waals surface area contributed by atoms with Crippen LogP contribution in [0.4, 0.5) is 5.69 Å². The van der Waals surface area contributed by atoms with Crippen molar-refractivity contribution in [1.29, 1.82) is 0 Å². The molecule has 0 radical (unpaired) electrons. The number of carbonyl (C=O) groups is 1. The lowest BCUT2D eigenvalue weighted by Gasteiger charge is -2.10. The Hall–Kier alpha value is -3.31. The predicted octanol–water partition coefficient (Wildman–Crippen LogP) is 4.98. The van der Waals surface area contributed by atoms with Crippen LogP contribution in [-0.2, 0) is 11.2 Å². The number of rotatable bonds is 11. The molecule has 1 N–H and O–H groups in total. The summed E-state index contributed by atoms with van der Waals surface area (Å²) in [5.41, 5.74) is 2.48. The van der Waals surface area contributed by atoms with Gasteiger partial charge in [0.25, 0.3) is 5.91 Å². The van der Waals surface area contributed by atoms with E-state index in [2.05, 4.69) is 17.4 Å². The van der Waals surface area contributed by atoms with Gasteiger partial charge in [-0.2, -0.15) is 0 Å². The van der Waals surface area contributed by atoms with Crippen LogP contribution in [0.2, 0.25) is 0 Å². The Morgan fingerprint density at radius 2 is 1.57 bits per heavy atom. The highest BCUT2D eigenvalue weighted by atomic mass is 16.5. The molecule has 156 valence electrons. The molecule has 3 aromatic rings. The molecular weight excluding hydrogens is 378 g/mol. The number of amides is 1. The highest BCUT2D eigenvalue weighted by molar-refractivity contribution is 6.04. The second-order valence-electron chi connectivity index (χ2n) is 6.64. The van der Waals surface area contributed by atoms with Crippen molar-refractivity contribution in [3.8, 4) is 11.5 Å². The van der Waals surface area contributed by atoms with Crippen LogP contribution in [0.1, 0.15) is 22.8 Å². The summed E-state index contributed by atoms with van der Waals surface area (Å²) in [6.45, 7) is 4.17. The van der Waals surface area contributed by atoms with Gasteiger partial charge in [0.05, 0.1) is 13.2 Å². The van der Waals surface area contributed by atoms with E-state index in [1.807, 2.05) is 55.5 Å². The number of nitrogens with one attached hydrogen (secondary N) is 1. The molecule has 0 heterocycles. The largest absolute Gasteiger partial charge is 0.493 e. The molecule has 0 spiro atoms. The number of ether oxygens (including phenoxy) is 3. The normalized spacial score (nSPS) is 10.4. The summed E-state index contributed by atoms with van der Waals surface area (Å²) in [5, 5.41) is 2.90. The first-order chi connectivity index (χ1) is 14.7. The Morgan fingerprint density at radius 3 is 2.33 bits per heavy atom. The molecule has 30 heavy (non-hydrogen) atoms. The summed E-state index contributed by atoms with van der Waals surface area (Å²) >= 11 is 0. The summed E-state index contributed by atoms with van der Waals surface area (Å²) in [7, 11) is 0. The standard InChI is InChI=1S/C25H27NO4/c1-2-28-17-18-30-24-10-6-9-21(19-24)25(27)26-22-11-13-23(14-12-22)29-16-15-20-7-4-3-5-8-20/h3-14,19H,2,15-18H2,1H3,(H,26,27). The first kappa shape index (κ1) is 21.4. The minimum atomic E-state index is -0.192. The van der Waals surface area contributed by atoms with Gasteiger partial charge in [-0.3, -0.25) is 4.79 Å². The maximum atomic E-state index is 12.5. The van der Waals surface area contributed by atoms with Crippen LogP contribution in [0, 0.1) is 0 Å². The number of anilines is 1. The topological polar surface area (TPSA) is 56.8 Å². The van der Waals surface area contributed by atoms with Crippen molar-refractivity contribution in [2.24, 2.45) is 0 Å². The summed E-state index contributed by atoms with van der Waals surface area (Å²) in [6, 6.07) is 24.7. The first-order valence-corrected chi connectivity index (χ1v) is 10.1. The van der Waals surface area contributed by atoms with E-state index in [4.69, 9.17) is 14.2 Å². The monoisotopic (exact) mass is 405 g/mol. The average molecular weight is 405 g/mol. The summed E-state index contributed by atoms with van der Waals surface area (Å²) < 4.78 is 16.7. The fourth-order valence-electron chi connectivity index (χ4n) is 2.86. The lowest BCUT2D eigenvalue weighted by atomic mass is 10.2. The van der Waals surface area contributed by atoms with Crippen LogP contribution >= 0.6 is 0 Å². The Bertz CT molecular complexity index is 910. The van der Waals surface area contributed by atoms with Gasteiger partial charge >= 0.3 is 0 Å². The zero-order valence-electron chi connectivity index (χ0n) is 17.2. The van der Waals surface area contributed by atoms with Gasteiger partial charge in [0, 0.05) is 24.3 Å². The molecule has 0 aliphatic carbocycles. The van der Waals surface area contributed by atoms with Crippen LogP contribution in [0.15, 0.2) is 78.9 Å². The van der Waals surface area contributed by atoms with Gasteiger partial charge in [-0.1, -0.05) is 36.4 Å². The highest BCUT2D eigenvalue weighted by Crippen LogP contribution is 2.18. The second kappa shape index (κ2) is 11.6. The van der Waals surface area contributed by atoms with Gasteiger partial charge in [0.1, 0.15) is 18.1 Å². The van der Waals surface area contributed by atoms with Crippen LogP contribution in [0.3, 0.4) is 0 Å². The maximum Gasteiger partial charge on any atom is 0.255 e. The van der Waals surface area contributed by atoms with E-state index >= 15 is 0 Å². The van der Waals surface area contributed by atoms with E-state index in [0.717, 1.165) is 12.2 Å². The predicted molar refractivity (Wildman–Crippen MR) is 118 cm³/mol. The van der Waals surface area contributed by atoms with Gasteiger partial charge < -0.3 is 19.5 Å². The van der Waals surface area contributed by atoms with Crippen molar-refractivity contribution in [2.75, 3.05) is 31.7 Å². The van der Waals surface area contributed by atoms with Gasteiger partial charge in [0.15, 0.2) is 0 Å². The molecule has 3 rings (SSSR count). The molecule has 0 aliphatic heterocycles. The minimum absolute atomic E-state index is 0.192. The molecular formula is C25H27NO4. The molecule has 3 aromatic carbocycles. The maximum absolute atomic E-state index is 12.5. The van der Waals surface area contributed by atoms with Crippen molar-refractivity contribution in [2.45, 2.75) is 13.3 Å². The third-order valence-corrected chi connectivity index (χ3v) is 4.41. The van der Waals surface area contributed by atoms with Crippen LogP contribution < -0.4 is 14.8 Å². The zero-order chi connectivity index (χ0) is 21.0. The Morgan fingerprint density at radius 1 is 0.800 bits per heavy atom. The van der Waals surface area contributed by atoms with Gasteiger partial charge in [-0.15, -0.1) is 0 Å². The van der Waals surface area contributed by atoms with Gasteiger partial charge in [-0.25, -0.2) is 0 Å². The molecule has 5 heteroatoms. The Labute approximate surface area is 177 Å². The molecule has 0 unspecified atom stereocenters. The smallest absolute Gasteiger partial charge is 0.255 e. The molecule has 0 saturated heterocycles. The quantitative estimate of drug-likeness (QED) is 0.457. The summed E-state index contributed by atoms with van der Waals surface area (Å²) in [6.07, 6.45) is 0.850. The molecule has 0 aromatic heterocycles. The minimum Gasteiger partial charge on any atom is -0.493 e. The molecule has 0 atom stereocenters. The fourth-order valence-corrected chi connectivity index (χ4v) is 2.86. The van der Waals surface area contributed by atoms with Crippen molar-refractivity contribution in [3.05, 3.63) is 90.0 Å². The van der Waals surface area contributed by atoms with Gasteiger partial charge in [0.2, 0.25) is 0 Å². The van der Waals surface area contributed by atoms with E-state index in [0.29, 0.717) is 43.4 Å². The van der Waals surface area contributed by atoms with Crippen LogP contribution in [0.25, 0.3) is 0 Å². The van der Waals surface area contributed by atoms with E-state index in [-0.39, 0.29) is 5.91 Å². The highest BCUT2D eigenvalue weighted by Gasteiger charge is 2.08. The lowest BCUT2D eigenvalue weighted by Crippen LogP contribution is -2.12. The van der Waals surface area contributed by atoms with E-state index in [1.165, 1.54) is 5.56 Å². The van der Waals surface area contributed by atoms with Crippen LogP contribution in [0.5, 0.6) is 11.5 Å². The molecule has 1 amide bonds. The first-order valence-electron chi connectivity index (χ1n) is 10.1. The summed E-state index contributed by atoms with van der Waals surface area (Å²) in [4.78, 5) is 12.5. The van der Waals surface area contributed by atoms with Crippen molar-refractivity contribution in [1.82, 2.24) is 0 Å². The molecule has 0 fully saturated rings. The number of hydrogen-bond donors (Lipinski definition) is 1. The third-order valence-electron chi connectivity index (χ3n) is 4.41. The van der Waals surface area contributed by atoms with Crippen molar-refractivity contribution < 1.29 is 19.0 Å². The van der Waals surface area contributed by atoms with E-state index in [1.54, 1.807) is 18.2 Å². The second-order valence-corrected chi connectivity index (χ2v) is 6.64. The van der Waals surface area contributed by atoms with E-state index in [9.17, 15) is 4.79 Å². The van der Waals surface area contributed by atoms with Gasteiger partial charge in [-0.05, 0) is 55.0 Å². The Kier molecular flexibility index (Phi) is 8.30. The molecule has 0 bridgehead atoms. The summed E-state index contributed by atoms with van der Waals surface area (Å²) in [5.74, 6) is 1.22. The molecule has 5 nitrogen and oxygen atoms in total.